The number of carbonyl (C=O) groups excluding carboxylic acids is 1. The van der Waals surface area contributed by atoms with Crippen LogP contribution in [0, 0.1) is 0 Å². The molecular weight excluding hydrogens is 456 g/mol. The topological polar surface area (TPSA) is 94.2 Å². The molecule has 1 N–H and O–H groups in total. The van der Waals surface area contributed by atoms with Crippen molar-refractivity contribution in [3.8, 4) is 17.2 Å². The van der Waals surface area contributed by atoms with E-state index >= 15 is 0 Å². The number of anilines is 1. The lowest BCUT2D eigenvalue weighted by Crippen LogP contribution is -2.32. The average molecular weight is 485 g/mol. The van der Waals surface area contributed by atoms with Crippen LogP contribution in [0.15, 0.2) is 66.7 Å². The third kappa shape index (κ3) is 5.99. The van der Waals surface area contributed by atoms with E-state index in [0.29, 0.717) is 17.2 Å². The van der Waals surface area contributed by atoms with Crippen LogP contribution in [0.25, 0.3) is 0 Å². The SMILES string of the molecule is COc1ccc(CNC(=O)c2cc(OC)c(OC)cc2N(Cc2ccccc2)S(C)(=O)=O)cc1. The van der Waals surface area contributed by atoms with Crippen LogP contribution in [0.2, 0.25) is 0 Å². The monoisotopic (exact) mass is 484 g/mol. The van der Waals surface area contributed by atoms with Crippen LogP contribution in [-0.2, 0) is 23.1 Å². The Morgan fingerprint density at radius 2 is 1.47 bits per heavy atom. The number of amides is 1. The highest BCUT2D eigenvalue weighted by molar-refractivity contribution is 7.92. The number of carbonyl (C=O) groups is 1. The van der Waals surface area contributed by atoms with Crippen molar-refractivity contribution in [1.82, 2.24) is 5.32 Å². The molecule has 0 saturated heterocycles. The number of rotatable bonds is 10. The minimum absolute atomic E-state index is 0.0495. The standard InChI is InChI=1S/C25H28N2O6S/c1-31-20-12-10-18(11-13-20)16-26-25(28)21-14-23(32-2)24(33-3)15-22(21)27(34(4,29)30)17-19-8-6-5-7-9-19/h5-15H,16-17H2,1-4H3,(H,26,28). The van der Waals surface area contributed by atoms with Gasteiger partial charge in [-0.05, 0) is 29.3 Å². The van der Waals surface area contributed by atoms with E-state index in [-0.39, 0.29) is 24.3 Å². The molecule has 3 rings (SSSR count). The van der Waals surface area contributed by atoms with Gasteiger partial charge in [0.25, 0.3) is 5.91 Å². The van der Waals surface area contributed by atoms with Gasteiger partial charge >= 0.3 is 0 Å². The summed E-state index contributed by atoms with van der Waals surface area (Å²) in [7, 11) is 0.738. The molecule has 0 spiro atoms. The number of hydrogen-bond donors (Lipinski definition) is 1. The molecule has 1 amide bonds. The van der Waals surface area contributed by atoms with Crippen molar-refractivity contribution in [3.05, 3.63) is 83.4 Å². The number of hydrogen-bond acceptors (Lipinski definition) is 6. The fourth-order valence-corrected chi connectivity index (χ4v) is 4.30. The van der Waals surface area contributed by atoms with E-state index in [1.807, 2.05) is 42.5 Å². The summed E-state index contributed by atoms with van der Waals surface area (Å²) in [6.07, 6.45) is 1.10. The molecule has 0 atom stereocenters. The minimum Gasteiger partial charge on any atom is -0.497 e. The van der Waals surface area contributed by atoms with E-state index in [0.717, 1.165) is 17.4 Å². The lowest BCUT2D eigenvalue weighted by atomic mass is 10.1. The first-order chi connectivity index (χ1) is 16.3. The second kappa shape index (κ2) is 10.9. The van der Waals surface area contributed by atoms with Crippen LogP contribution in [0.1, 0.15) is 21.5 Å². The smallest absolute Gasteiger partial charge is 0.253 e. The predicted molar refractivity (Wildman–Crippen MR) is 131 cm³/mol. The summed E-state index contributed by atoms with van der Waals surface area (Å²) >= 11 is 0. The van der Waals surface area contributed by atoms with Crippen molar-refractivity contribution in [3.63, 3.8) is 0 Å². The molecule has 0 bridgehead atoms. The van der Waals surface area contributed by atoms with Gasteiger partial charge in [-0.3, -0.25) is 9.10 Å². The molecule has 180 valence electrons. The zero-order valence-electron chi connectivity index (χ0n) is 19.6. The van der Waals surface area contributed by atoms with Crippen molar-refractivity contribution in [2.45, 2.75) is 13.1 Å². The van der Waals surface area contributed by atoms with Crippen molar-refractivity contribution in [1.29, 1.82) is 0 Å². The Balaban J connectivity index is 2.01. The molecule has 0 aliphatic carbocycles. The number of ether oxygens (including phenoxy) is 3. The molecule has 9 heteroatoms. The van der Waals surface area contributed by atoms with Gasteiger partial charge in [-0.1, -0.05) is 42.5 Å². The number of nitrogens with one attached hydrogen (secondary N) is 1. The molecule has 0 unspecified atom stereocenters. The van der Waals surface area contributed by atoms with Gasteiger partial charge < -0.3 is 19.5 Å². The summed E-state index contributed by atoms with van der Waals surface area (Å²) in [5.74, 6) is 0.885. The molecule has 34 heavy (non-hydrogen) atoms. The molecule has 0 heterocycles. The van der Waals surface area contributed by atoms with Gasteiger partial charge in [-0.2, -0.15) is 0 Å². The number of sulfonamides is 1. The maximum atomic E-state index is 13.3. The molecule has 0 aliphatic rings. The highest BCUT2D eigenvalue weighted by atomic mass is 32.2. The minimum atomic E-state index is -3.75. The van der Waals surface area contributed by atoms with E-state index in [1.165, 1.54) is 30.7 Å². The summed E-state index contributed by atoms with van der Waals surface area (Å²) in [5.41, 5.74) is 1.97. The van der Waals surface area contributed by atoms with Gasteiger partial charge in [0.15, 0.2) is 11.5 Å². The van der Waals surface area contributed by atoms with Gasteiger partial charge in [-0.25, -0.2) is 8.42 Å². The fourth-order valence-electron chi connectivity index (χ4n) is 3.41. The zero-order valence-corrected chi connectivity index (χ0v) is 20.4. The first-order valence-corrected chi connectivity index (χ1v) is 12.3. The largest absolute Gasteiger partial charge is 0.497 e. The first kappa shape index (κ1) is 24.9. The van der Waals surface area contributed by atoms with Crippen LogP contribution < -0.4 is 23.8 Å². The molecule has 0 radical (unpaired) electrons. The lowest BCUT2D eigenvalue weighted by molar-refractivity contribution is 0.0951. The molecule has 0 aliphatic heterocycles. The summed E-state index contributed by atoms with van der Waals surface area (Å²) in [6.45, 7) is 0.294. The van der Waals surface area contributed by atoms with E-state index in [9.17, 15) is 13.2 Å². The molecular formula is C25H28N2O6S. The maximum Gasteiger partial charge on any atom is 0.253 e. The average Bonchev–Trinajstić information content (AvgIpc) is 2.85. The zero-order chi connectivity index (χ0) is 24.7. The van der Waals surface area contributed by atoms with Gasteiger partial charge in [0.1, 0.15) is 5.75 Å². The molecule has 3 aromatic rings. The number of methoxy groups -OCH3 is 3. The Bertz CT molecular complexity index is 1230. The van der Waals surface area contributed by atoms with Gasteiger partial charge in [0.2, 0.25) is 10.0 Å². The molecule has 3 aromatic carbocycles. The van der Waals surface area contributed by atoms with Crippen LogP contribution in [0.3, 0.4) is 0 Å². The summed E-state index contributed by atoms with van der Waals surface area (Å²) < 4.78 is 42.7. The van der Waals surface area contributed by atoms with E-state index in [4.69, 9.17) is 14.2 Å². The van der Waals surface area contributed by atoms with Crippen molar-refractivity contribution in [2.24, 2.45) is 0 Å². The summed E-state index contributed by atoms with van der Waals surface area (Å²) in [4.78, 5) is 13.3. The van der Waals surface area contributed by atoms with Crippen LogP contribution in [0.4, 0.5) is 5.69 Å². The first-order valence-electron chi connectivity index (χ1n) is 10.5. The van der Waals surface area contributed by atoms with Gasteiger partial charge in [0, 0.05) is 12.6 Å². The van der Waals surface area contributed by atoms with Crippen LogP contribution in [0.5, 0.6) is 17.2 Å². The van der Waals surface area contributed by atoms with Crippen LogP contribution >= 0.6 is 0 Å². The summed E-state index contributed by atoms with van der Waals surface area (Å²) in [5, 5.41) is 2.85. The fraction of sp³-hybridized carbons (Fsp3) is 0.240. The molecule has 8 nitrogen and oxygen atoms in total. The van der Waals surface area contributed by atoms with Crippen molar-refractivity contribution in [2.75, 3.05) is 31.9 Å². The van der Waals surface area contributed by atoms with Crippen molar-refractivity contribution >= 4 is 21.6 Å². The predicted octanol–water partition coefficient (Wildman–Crippen LogP) is 3.61. The lowest BCUT2D eigenvalue weighted by Gasteiger charge is -2.26. The molecule has 0 aromatic heterocycles. The maximum absolute atomic E-state index is 13.3. The quantitative estimate of drug-likeness (QED) is 0.473. The Morgan fingerprint density at radius 1 is 0.853 bits per heavy atom. The Labute approximate surface area is 200 Å². The Kier molecular flexibility index (Phi) is 8.01. The van der Waals surface area contributed by atoms with E-state index in [1.54, 1.807) is 19.2 Å². The van der Waals surface area contributed by atoms with E-state index in [2.05, 4.69) is 5.32 Å². The normalized spacial score (nSPS) is 10.9. The number of nitrogens with zero attached hydrogens (tertiary/aromatic N) is 1. The summed E-state index contributed by atoms with van der Waals surface area (Å²) in [6, 6.07) is 19.4. The molecule has 0 saturated carbocycles. The van der Waals surface area contributed by atoms with E-state index < -0.39 is 15.9 Å². The second-order valence-corrected chi connectivity index (χ2v) is 9.42. The highest BCUT2D eigenvalue weighted by Crippen LogP contribution is 2.37. The number of benzene rings is 3. The third-order valence-electron chi connectivity index (χ3n) is 5.20. The van der Waals surface area contributed by atoms with Gasteiger partial charge in [0.05, 0.1) is 45.4 Å². The van der Waals surface area contributed by atoms with Crippen LogP contribution in [-0.4, -0.2) is 41.9 Å². The molecule has 0 fully saturated rings. The van der Waals surface area contributed by atoms with Gasteiger partial charge in [-0.15, -0.1) is 0 Å². The van der Waals surface area contributed by atoms with Crippen molar-refractivity contribution < 1.29 is 27.4 Å². The Morgan fingerprint density at radius 3 is 2.03 bits per heavy atom. The highest BCUT2D eigenvalue weighted by Gasteiger charge is 2.26. The second-order valence-electron chi connectivity index (χ2n) is 7.51. The Hall–Kier alpha value is -3.72. The third-order valence-corrected chi connectivity index (χ3v) is 6.32.